The van der Waals surface area contributed by atoms with E-state index in [1.807, 2.05) is 18.2 Å². The van der Waals surface area contributed by atoms with Gasteiger partial charge >= 0.3 is 0 Å². The van der Waals surface area contributed by atoms with E-state index >= 15 is 0 Å². The third-order valence-corrected chi connectivity index (χ3v) is 5.01. The summed E-state index contributed by atoms with van der Waals surface area (Å²) in [6, 6.07) is 19.0. The molecule has 1 aliphatic rings. The van der Waals surface area contributed by atoms with E-state index in [2.05, 4.69) is 10.2 Å². The first-order valence-electron chi connectivity index (χ1n) is 9.05. The summed E-state index contributed by atoms with van der Waals surface area (Å²) in [4.78, 5) is 38.5. The monoisotopic (exact) mass is 382 g/mol. The average molecular weight is 382 g/mol. The van der Waals surface area contributed by atoms with E-state index in [4.69, 9.17) is 4.74 Å². The maximum atomic E-state index is 13.0. The summed E-state index contributed by atoms with van der Waals surface area (Å²) in [6.45, 7) is -0.173. The number of para-hydroxylation sites is 1. The Morgan fingerprint density at radius 3 is 2.28 bits per heavy atom. The van der Waals surface area contributed by atoms with Crippen LogP contribution in [0.3, 0.4) is 0 Å². The van der Waals surface area contributed by atoms with Crippen molar-refractivity contribution in [1.29, 1.82) is 0 Å². The quantitative estimate of drug-likeness (QED) is 0.480. The molecule has 3 aromatic carbocycles. The molecule has 6 nitrogen and oxygen atoms in total. The van der Waals surface area contributed by atoms with Crippen LogP contribution in [-0.2, 0) is 0 Å². The molecule has 1 aromatic heterocycles. The summed E-state index contributed by atoms with van der Waals surface area (Å²) < 4.78 is 5.52. The molecule has 4 aromatic rings. The molecule has 0 unspecified atom stereocenters. The number of fused-ring (bicyclic) bond motifs is 4. The zero-order valence-electron chi connectivity index (χ0n) is 15.1. The molecular weight excluding hydrogens is 368 g/mol. The molecule has 1 N–H and O–H groups in total. The zero-order chi connectivity index (χ0) is 20.0. The highest BCUT2D eigenvalue weighted by molar-refractivity contribution is 6.32. The van der Waals surface area contributed by atoms with Crippen LogP contribution in [0.4, 0.5) is 0 Å². The van der Waals surface area contributed by atoms with E-state index < -0.39 is 0 Å². The summed E-state index contributed by atoms with van der Waals surface area (Å²) >= 11 is 0. The molecule has 0 atom stereocenters. The van der Waals surface area contributed by atoms with E-state index in [-0.39, 0.29) is 35.2 Å². The average Bonchev–Trinajstić information content (AvgIpc) is 3.20. The number of hydrogen-bond acceptors (Lipinski definition) is 5. The lowest BCUT2D eigenvalue weighted by Gasteiger charge is -2.17. The number of rotatable bonds is 4. The second-order valence-electron chi connectivity index (χ2n) is 6.71. The fourth-order valence-electron chi connectivity index (χ4n) is 3.61. The molecule has 140 valence electrons. The van der Waals surface area contributed by atoms with Gasteiger partial charge in [-0.1, -0.05) is 42.5 Å². The molecule has 0 spiro atoms. The first-order chi connectivity index (χ1) is 14.1. The molecule has 0 bridgehead atoms. The maximum Gasteiger partial charge on any atom is 0.218 e. The molecule has 0 fully saturated rings. The molecule has 1 aliphatic carbocycles. The van der Waals surface area contributed by atoms with Crippen LogP contribution in [0.25, 0.3) is 10.9 Å². The summed E-state index contributed by atoms with van der Waals surface area (Å²) in [6.07, 6.45) is 0. The normalized spacial score (nSPS) is 12.6. The van der Waals surface area contributed by atoms with Gasteiger partial charge < -0.3 is 4.74 Å². The van der Waals surface area contributed by atoms with E-state index in [1.165, 1.54) is 0 Å². The Morgan fingerprint density at radius 1 is 0.828 bits per heavy atom. The van der Waals surface area contributed by atoms with Crippen molar-refractivity contribution in [3.05, 3.63) is 94.7 Å². The van der Waals surface area contributed by atoms with Crippen LogP contribution in [0.5, 0.6) is 5.75 Å². The van der Waals surface area contributed by atoms with Gasteiger partial charge in [0.05, 0.1) is 5.56 Å². The Hall–Kier alpha value is -4.06. The number of ketones is 3. The molecule has 1 heterocycles. The van der Waals surface area contributed by atoms with Crippen LogP contribution in [0, 0.1) is 0 Å². The number of H-pyrrole nitrogens is 1. The minimum Gasteiger partial charge on any atom is -0.485 e. The second kappa shape index (κ2) is 6.53. The van der Waals surface area contributed by atoms with Crippen molar-refractivity contribution in [2.45, 2.75) is 0 Å². The van der Waals surface area contributed by atoms with E-state index in [9.17, 15) is 14.4 Å². The van der Waals surface area contributed by atoms with Gasteiger partial charge in [0.2, 0.25) is 5.78 Å². The minimum atomic E-state index is -0.300. The number of carbonyl (C=O) groups excluding carboxylic acids is 3. The molecule has 0 saturated carbocycles. The van der Waals surface area contributed by atoms with Gasteiger partial charge in [0.1, 0.15) is 17.0 Å². The van der Waals surface area contributed by atoms with Gasteiger partial charge in [-0.25, -0.2) is 0 Å². The predicted molar refractivity (Wildman–Crippen MR) is 106 cm³/mol. The van der Waals surface area contributed by atoms with Crippen molar-refractivity contribution in [2.24, 2.45) is 0 Å². The lowest BCUT2D eigenvalue weighted by Crippen LogP contribution is -2.21. The van der Waals surface area contributed by atoms with Gasteiger partial charge in [-0.15, -0.1) is 0 Å². The van der Waals surface area contributed by atoms with Gasteiger partial charge in [-0.2, -0.15) is 5.10 Å². The van der Waals surface area contributed by atoms with Crippen molar-refractivity contribution < 1.29 is 19.1 Å². The first kappa shape index (κ1) is 17.1. The third-order valence-electron chi connectivity index (χ3n) is 5.01. The molecule has 0 radical (unpaired) electrons. The summed E-state index contributed by atoms with van der Waals surface area (Å²) in [5.41, 5.74) is 1.82. The fourth-order valence-corrected chi connectivity index (χ4v) is 3.61. The Bertz CT molecular complexity index is 1310. The topological polar surface area (TPSA) is 89.1 Å². The Kier molecular flexibility index (Phi) is 3.84. The number of ether oxygens (including phenoxy) is 1. The van der Waals surface area contributed by atoms with Crippen LogP contribution in [-0.4, -0.2) is 34.2 Å². The molecule has 29 heavy (non-hydrogen) atoms. The highest BCUT2D eigenvalue weighted by Crippen LogP contribution is 2.32. The second-order valence-corrected chi connectivity index (χ2v) is 6.71. The highest BCUT2D eigenvalue weighted by atomic mass is 16.5. The number of benzene rings is 3. The van der Waals surface area contributed by atoms with Crippen LogP contribution in [0.2, 0.25) is 0 Å². The fraction of sp³-hybridized carbons (Fsp3) is 0.0435. The van der Waals surface area contributed by atoms with Gasteiger partial charge in [-0.05, 0) is 24.3 Å². The largest absolute Gasteiger partial charge is 0.485 e. The molecule has 0 amide bonds. The number of carbonyl (C=O) groups is 3. The first-order valence-corrected chi connectivity index (χ1v) is 9.05. The van der Waals surface area contributed by atoms with E-state index in [0.29, 0.717) is 33.3 Å². The number of Topliss-reactive ketones (excluding diaryl/α,β-unsaturated/α-hetero) is 1. The lowest BCUT2D eigenvalue weighted by atomic mass is 9.83. The molecule has 5 rings (SSSR count). The number of aromatic amines is 1. The van der Waals surface area contributed by atoms with Crippen molar-refractivity contribution >= 4 is 28.3 Å². The van der Waals surface area contributed by atoms with Crippen LogP contribution < -0.4 is 4.74 Å². The number of nitrogens with zero attached hydrogens (tertiary/aromatic N) is 1. The van der Waals surface area contributed by atoms with Crippen molar-refractivity contribution in [3.63, 3.8) is 0 Å². The molecule has 0 saturated heterocycles. The van der Waals surface area contributed by atoms with Crippen LogP contribution >= 0.6 is 0 Å². The van der Waals surface area contributed by atoms with Gasteiger partial charge in [0, 0.05) is 22.1 Å². The van der Waals surface area contributed by atoms with Gasteiger partial charge in [0.25, 0.3) is 0 Å². The van der Waals surface area contributed by atoms with Gasteiger partial charge in [-0.3, -0.25) is 19.5 Å². The lowest BCUT2D eigenvalue weighted by molar-refractivity contribution is 0.0917. The van der Waals surface area contributed by atoms with Gasteiger partial charge in [0.15, 0.2) is 18.2 Å². The Labute approximate surface area is 165 Å². The zero-order valence-corrected chi connectivity index (χ0v) is 15.1. The summed E-state index contributed by atoms with van der Waals surface area (Å²) in [5.74, 6) is -0.210. The smallest absolute Gasteiger partial charge is 0.218 e. The Balaban J connectivity index is 1.54. The predicted octanol–water partition coefficient (Wildman–Crippen LogP) is 3.60. The summed E-state index contributed by atoms with van der Waals surface area (Å²) in [5, 5.41) is 7.40. The SMILES string of the molecule is O=C1c2ccccc2C(=O)c2c1ccc1c(C(=O)COc3ccccc3)[nH]nc21. The number of hydrogen-bond donors (Lipinski definition) is 1. The number of aromatic nitrogens is 2. The van der Waals surface area contributed by atoms with Crippen molar-refractivity contribution in [1.82, 2.24) is 10.2 Å². The molecule has 6 heteroatoms. The molecule has 0 aliphatic heterocycles. The molecular formula is C23H14N2O4. The van der Waals surface area contributed by atoms with E-state index in [1.54, 1.807) is 48.5 Å². The minimum absolute atomic E-state index is 0.173. The maximum absolute atomic E-state index is 13.0. The number of nitrogens with one attached hydrogen (secondary N) is 1. The van der Waals surface area contributed by atoms with Crippen LogP contribution in [0.15, 0.2) is 66.7 Å². The van der Waals surface area contributed by atoms with Crippen LogP contribution in [0.1, 0.15) is 42.3 Å². The highest BCUT2D eigenvalue weighted by Gasteiger charge is 2.32. The van der Waals surface area contributed by atoms with E-state index in [0.717, 1.165) is 0 Å². The third kappa shape index (κ3) is 2.65. The standard InChI is InChI=1S/C23H14N2O4/c26-18(12-29-13-6-2-1-3-7-13)20-17-11-10-16-19(21(17)25-24-20)23(28)15-9-5-4-8-14(15)22(16)27/h1-11H,12H2,(H,24,25). The summed E-state index contributed by atoms with van der Waals surface area (Å²) in [7, 11) is 0. The van der Waals surface area contributed by atoms with Crippen molar-refractivity contribution in [2.75, 3.05) is 6.61 Å². The Morgan fingerprint density at radius 2 is 1.52 bits per heavy atom. The van der Waals surface area contributed by atoms with Crippen molar-refractivity contribution in [3.8, 4) is 5.75 Å².